The Kier molecular flexibility index (Phi) is 8.89. The van der Waals surface area contributed by atoms with Gasteiger partial charge in [0, 0.05) is 17.4 Å². The zero-order chi connectivity index (χ0) is 38.5. The third kappa shape index (κ3) is 5.70. The van der Waals surface area contributed by atoms with Gasteiger partial charge in [0.05, 0.1) is 17.4 Å². The summed E-state index contributed by atoms with van der Waals surface area (Å²) in [5.74, 6) is -0.143. The fourth-order valence-corrected chi connectivity index (χ4v) is 12.8. The van der Waals surface area contributed by atoms with Crippen LogP contribution < -0.4 is 5.32 Å². The highest BCUT2D eigenvalue weighted by molar-refractivity contribution is 6.02. The Morgan fingerprint density at radius 1 is 0.962 bits per heavy atom. The average Bonchev–Trinajstić information content (AvgIpc) is 3.64. The summed E-state index contributed by atoms with van der Waals surface area (Å²) in [6.07, 6.45) is 7.57. The summed E-state index contributed by atoms with van der Waals surface area (Å²) in [6, 6.07) is 6.26. The molecule has 5 aliphatic rings. The Hall–Kier alpha value is -3.56. The molecule has 1 aromatic heterocycles. The molecule has 53 heavy (non-hydrogen) atoms. The molecule has 1 heterocycles. The van der Waals surface area contributed by atoms with Gasteiger partial charge in [0.2, 0.25) is 5.89 Å². The summed E-state index contributed by atoms with van der Waals surface area (Å²) in [5, 5.41) is 21.9. The summed E-state index contributed by atoms with van der Waals surface area (Å²) >= 11 is 0. The first-order valence-corrected chi connectivity index (χ1v) is 19.8. The molecular weight excluding hydrogens is 673 g/mol. The first-order chi connectivity index (χ1) is 24.7. The number of halogens is 1. The molecule has 2 unspecified atom stereocenters. The molecule has 0 aliphatic heterocycles. The second kappa shape index (κ2) is 12.5. The van der Waals surface area contributed by atoms with Crippen molar-refractivity contribution in [1.82, 2.24) is 10.2 Å². The number of anilines is 1. The van der Waals surface area contributed by atoms with Crippen molar-refractivity contribution in [3.8, 4) is 11.5 Å². The molecule has 7 rings (SSSR count). The van der Waals surface area contributed by atoms with Crippen molar-refractivity contribution >= 4 is 23.7 Å². The van der Waals surface area contributed by atoms with Gasteiger partial charge >= 0.3 is 18.0 Å². The molecule has 0 amide bonds. The maximum atomic E-state index is 14.0. The van der Waals surface area contributed by atoms with Crippen LogP contribution in [0.1, 0.15) is 127 Å². The molecule has 0 bridgehead atoms. The predicted molar refractivity (Wildman–Crippen MR) is 199 cm³/mol. The van der Waals surface area contributed by atoms with Crippen molar-refractivity contribution in [2.45, 2.75) is 138 Å². The maximum absolute atomic E-state index is 14.0. The third-order valence-electron chi connectivity index (χ3n) is 15.7. The SMILES string of the molecule is CC(C)C1=C2[C@H]3CCC4[C@@]5(C)CC[C@H](OC(=O)CC(C)(C)C(=O)O)C(C)(C)C5CC[C@@]4(C)[C@]3(C)CC[C@@]2(Nc2nnc(-c3ccc(F)cc3)o2)CC1=O. The molecule has 9 nitrogen and oxygen atoms in total. The van der Waals surface area contributed by atoms with Gasteiger partial charge in [-0.05, 0) is 141 Å². The minimum absolute atomic E-state index is 0.0272. The molecule has 4 fully saturated rings. The van der Waals surface area contributed by atoms with Gasteiger partial charge in [-0.25, -0.2) is 4.39 Å². The second-order valence-electron chi connectivity index (χ2n) is 19.5. The van der Waals surface area contributed by atoms with E-state index in [2.05, 4.69) is 64.0 Å². The number of carboxylic acid groups (broad SMARTS) is 1. The average molecular weight is 732 g/mol. The summed E-state index contributed by atoms with van der Waals surface area (Å²) < 4.78 is 25.9. The van der Waals surface area contributed by atoms with Gasteiger partial charge in [0.1, 0.15) is 11.9 Å². The number of ketones is 1. The van der Waals surface area contributed by atoms with Crippen LogP contribution in [-0.4, -0.2) is 44.7 Å². The number of carbonyl (C=O) groups excluding carboxylic acids is 2. The molecule has 2 N–H and O–H groups in total. The smallest absolute Gasteiger partial charge is 0.316 e. The van der Waals surface area contributed by atoms with Crippen molar-refractivity contribution in [3.63, 3.8) is 0 Å². The van der Waals surface area contributed by atoms with E-state index in [4.69, 9.17) is 9.15 Å². The minimum atomic E-state index is -1.18. The van der Waals surface area contributed by atoms with Crippen LogP contribution in [-0.2, 0) is 19.1 Å². The van der Waals surface area contributed by atoms with E-state index < -0.39 is 22.9 Å². The van der Waals surface area contributed by atoms with Gasteiger partial charge < -0.3 is 19.6 Å². The van der Waals surface area contributed by atoms with Crippen LogP contribution in [0.25, 0.3) is 11.5 Å². The molecule has 10 heteroatoms. The molecular formula is C43H58FN3O6. The largest absolute Gasteiger partial charge is 0.481 e. The van der Waals surface area contributed by atoms with Crippen LogP contribution in [0.15, 0.2) is 39.8 Å². The summed E-state index contributed by atoms with van der Waals surface area (Å²) in [4.78, 5) is 38.9. The molecule has 0 saturated heterocycles. The normalized spacial score (nSPS) is 36.3. The number of nitrogens with zero attached hydrogens (tertiary/aromatic N) is 2. The fourth-order valence-electron chi connectivity index (χ4n) is 12.8. The number of carbonyl (C=O) groups is 3. The zero-order valence-corrected chi connectivity index (χ0v) is 33.0. The number of nitrogens with one attached hydrogen (secondary N) is 1. The number of ether oxygens (including phenoxy) is 1. The van der Waals surface area contributed by atoms with Gasteiger partial charge in [0.25, 0.3) is 0 Å². The Morgan fingerprint density at radius 2 is 1.66 bits per heavy atom. The molecule has 8 atom stereocenters. The lowest BCUT2D eigenvalue weighted by molar-refractivity contribution is -0.231. The Morgan fingerprint density at radius 3 is 2.32 bits per heavy atom. The molecule has 0 radical (unpaired) electrons. The van der Waals surface area contributed by atoms with E-state index in [-0.39, 0.29) is 63.6 Å². The van der Waals surface area contributed by atoms with E-state index in [0.717, 1.165) is 56.9 Å². The number of hydrogen-bond acceptors (Lipinski definition) is 8. The predicted octanol–water partition coefficient (Wildman–Crippen LogP) is 9.43. The van der Waals surface area contributed by atoms with Crippen molar-refractivity contribution in [2.75, 3.05) is 5.32 Å². The molecule has 1 aromatic carbocycles. The molecule has 4 saturated carbocycles. The van der Waals surface area contributed by atoms with Crippen LogP contribution in [0, 0.1) is 56.6 Å². The van der Waals surface area contributed by atoms with Gasteiger partial charge in [-0.15, -0.1) is 5.10 Å². The lowest BCUT2D eigenvalue weighted by Crippen LogP contribution is -2.66. The van der Waals surface area contributed by atoms with E-state index in [1.54, 1.807) is 26.0 Å². The third-order valence-corrected chi connectivity index (χ3v) is 15.7. The zero-order valence-electron chi connectivity index (χ0n) is 33.0. The van der Waals surface area contributed by atoms with Gasteiger partial charge in [-0.3, -0.25) is 14.4 Å². The van der Waals surface area contributed by atoms with E-state index in [0.29, 0.717) is 29.7 Å². The lowest BCUT2D eigenvalue weighted by Gasteiger charge is -2.72. The summed E-state index contributed by atoms with van der Waals surface area (Å²) in [5.41, 5.74) is 0.837. The van der Waals surface area contributed by atoms with Crippen LogP contribution in [0.4, 0.5) is 10.4 Å². The number of allylic oxidation sites excluding steroid dienone is 1. The van der Waals surface area contributed by atoms with Crippen LogP contribution in [0.3, 0.4) is 0 Å². The summed E-state index contributed by atoms with van der Waals surface area (Å²) in [6.45, 7) is 19.5. The van der Waals surface area contributed by atoms with E-state index in [9.17, 15) is 23.9 Å². The lowest BCUT2D eigenvalue weighted by atomic mass is 9.33. The van der Waals surface area contributed by atoms with Crippen LogP contribution in [0.5, 0.6) is 0 Å². The number of esters is 1. The van der Waals surface area contributed by atoms with Crippen molar-refractivity contribution in [1.29, 1.82) is 0 Å². The standard InChI is InChI=1S/C43H58FN3O6/c1-24(2)33-28(48)22-43(45-37-47-46-35(53-37)25-10-12-26(44)13-11-25)21-20-41(8)27(34(33)43)14-15-30-40(7)18-17-31(52-32(49)23-38(3,4)36(50)51)39(5,6)29(40)16-19-42(30,41)9/h10-13,24,27,29-31H,14-23H2,1-9H3,(H,45,47)(H,50,51)/t27-,29?,30?,31+,40+,41-,42-,43-/m1/s1. The molecule has 5 aliphatic carbocycles. The quantitative estimate of drug-likeness (QED) is 0.255. The number of benzene rings is 1. The van der Waals surface area contributed by atoms with Crippen molar-refractivity contribution < 1.29 is 33.0 Å². The Labute approximate surface area is 313 Å². The van der Waals surface area contributed by atoms with Gasteiger partial charge in [-0.1, -0.05) is 53.6 Å². The van der Waals surface area contributed by atoms with Gasteiger partial charge in [0.15, 0.2) is 5.78 Å². The van der Waals surface area contributed by atoms with E-state index in [1.807, 2.05) is 0 Å². The monoisotopic (exact) mass is 731 g/mol. The number of rotatable bonds is 8. The Bertz CT molecular complexity index is 1850. The van der Waals surface area contributed by atoms with Crippen molar-refractivity contribution in [3.05, 3.63) is 41.2 Å². The van der Waals surface area contributed by atoms with E-state index >= 15 is 0 Å². The topological polar surface area (TPSA) is 132 Å². The number of fused-ring (bicyclic) bond motifs is 7. The first kappa shape index (κ1) is 37.7. The minimum Gasteiger partial charge on any atom is -0.481 e. The first-order valence-electron chi connectivity index (χ1n) is 19.8. The number of aromatic nitrogens is 2. The molecule has 0 spiro atoms. The molecule has 288 valence electrons. The number of aliphatic carboxylic acids is 1. The highest BCUT2D eigenvalue weighted by Gasteiger charge is 2.70. The summed E-state index contributed by atoms with van der Waals surface area (Å²) in [7, 11) is 0. The number of Topliss-reactive ketones (excluding diaryl/α,β-unsaturated/α-hetero) is 1. The van der Waals surface area contributed by atoms with E-state index in [1.165, 1.54) is 17.7 Å². The van der Waals surface area contributed by atoms with Crippen LogP contribution >= 0.6 is 0 Å². The molecule has 2 aromatic rings. The number of hydrogen-bond donors (Lipinski definition) is 2. The van der Waals surface area contributed by atoms with Crippen molar-refractivity contribution in [2.24, 2.45) is 50.7 Å². The second-order valence-corrected chi connectivity index (χ2v) is 19.5. The number of carboxylic acids is 1. The van der Waals surface area contributed by atoms with Gasteiger partial charge in [-0.2, -0.15) is 0 Å². The highest BCUT2D eigenvalue weighted by atomic mass is 19.1. The Balaban J connectivity index is 1.17. The fraction of sp³-hybridized carbons (Fsp3) is 0.698. The highest BCUT2D eigenvalue weighted by Crippen LogP contribution is 2.76. The maximum Gasteiger partial charge on any atom is 0.316 e. The van der Waals surface area contributed by atoms with Crippen LogP contribution in [0.2, 0.25) is 0 Å².